The predicted octanol–water partition coefficient (Wildman–Crippen LogP) is 5.13. The highest BCUT2D eigenvalue weighted by atomic mass is 16.4. The van der Waals surface area contributed by atoms with Crippen LogP contribution in [0.2, 0.25) is 0 Å². The summed E-state index contributed by atoms with van der Waals surface area (Å²) >= 11 is 0. The number of rotatable bonds is 0. The van der Waals surface area contributed by atoms with Crippen molar-refractivity contribution in [3.05, 3.63) is 11.1 Å². The number of allylic oxidation sites excluding steroid dienone is 2. The first kappa shape index (κ1) is 14.8. The SMILES string of the molecule is C[C@@H]1[C@H]2C[C@H](C(=C3\C[C@H]4C[C@@H]3[C@H](C)C4(C)C)/C2=N\O)C1(C)C. The normalized spacial score (nSPS) is 52.9. The van der Waals surface area contributed by atoms with Crippen molar-refractivity contribution in [1.29, 1.82) is 0 Å². The average Bonchev–Trinajstić information content (AvgIpc) is 3.14. The molecule has 0 aromatic heterocycles. The summed E-state index contributed by atoms with van der Waals surface area (Å²) in [6, 6.07) is 0. The first-order chi connectivity index (χ1) is 10.2. The second-order valence-corrected chi connectivity index (χ2v) is 9.78. The number of hydrogen-bond acceptors (Lipinski definition) is 2. The molecule has 1 N–H and O–H groups in total. The maximum absolute atomic E-state index is 9.70. The number of nitrogens with zero attached hydrogens (tertiary/aromatic N) is 1. The molecule has 0 heterocycles. The van der Waals surface area contributed by atoms with Crippen molar-refractivity contribution in [1.82, 2.24) is 0 Å². The smallest absolute Gasteiger partial charge is 0.0864 e. The first-order valence-corrected chi connectivity index (χ1v) is 9.16. The molecule has 2 heteroatoms. The second-order valence-electron chi connectivity index (χ2n) is 9.78. The lowest BCUT2D eigenvalue weighted by atomic mass is 9.62. The molecule has 0 amide bonds. The Balaban J connectivity index is 1.81. The van der Waals surface area contributed by atoms with Crippen LogP contribution >= 0.6 is 0 Å². The van der Waals surface area contributed by atoms with Gasteiger partial charge in [-0.1, -0.05) is 52.3 Å². The van der Waals surface area contributed by atoms with E-state index < -0.39 is 0 Å². The Hall–Kier alpha value is -0.790. The maximum Gasteiger partial charge on any atom is 0.0864 e. The summed E-state index contributed by atoms with van der Waals surface area (Å²) in [5.41, 5.74) is 5.06. The van der Waals surface area contributed by atoms with Gasteiger partial charge >= 0.3 is 0 Å². The lowest BCUT2D eigenvalue weighted by molar-refractivity contribution is 0.160. The van der Waals surface area contributed by atoms with Crippen LogP contribution in [0.25, 0.3) is 0 Å². The van der Waals surface area contributed by atoms with E-state index in [0.717, 1.165) is 23.5 Å². The van der Waals surface area contributed by atoms with Gasteiger partial charge in [0.1, 0.15) is 0 Å². The first-order valence-electron chi connectivity index (χ1n) is 9.16. The molecule has 4 saturated carbocycles. The van der Waals surface area contributed by atoms with Gasteiger partial charge < -0.3 is 5.21 Å². The minimum absolute atomic E-state index is 0.349. The van der Waals surface area contributed by atoms with Crippen LogP contribution in [0.4, 0.5) is 0 Å². The van der Waals surface area contributed by atoms with Gasteiger partial charge in [0.2, 0.25) is 0 Å². The molecule has 0 unspecified atom stereocenters. The Labute approximate surface area is 135 Å². The van der Waals surface area contributed by atoms with Crippen LogP contribution in [0, 0.1) is 46.3 Å². The Kier molecular flexibility index (Phi) is 2.81. The van der Waals surface area contributed by atoms with Crippen LogP contribution in [0.1, 0.15) is 60.8 Å². The zero-order chi connectivity index (χ0) is 16.0. The van der Waals surface area contributed by atoms with Crippen LogP contribution in [0.15, 0.2) is 16.3 Å². The molecular weight excluding hydrogens is 270 g/mol. The van der Waals surface area contributed by atoms with Gasteiger partial charge in [0.05, 0.1) is 5.71 Å². The molecule has 0 aromatic carbocycles. The van der Waals surface area contributed by atoms with E-state index in [2.05, 4.69) is 46.7 Å². The molecule has 2 nitrogen and oxygen atoms in total. The van der Waals surface area contributed by atoms with E-state index in [1.54, 1.807) is 5.57 Å². The topological polar surface area (TPSA) is 32.6 Å². The summed E-state index contributed by atoms with van der Waals surface area (Å²) in [6.07, 6.45) is 3.82. The molecular formula is C20H31NO. The van der Waals surface area contributed by atoms with Crippen LogP contribution < -0.4 is 0 Å². The standard InChI is InChI=1S/C20H31NO/c1-10-13-7-12(19(10,3)4)8-15(13)17-16-9-14(18(17)21-22)11(2)20(16,5)6/h10-14,16,22H,7-9H2,1-6H3/b17-15-,21-18-/t10-,11+,12+,13+,14+,16+/m0/s1. The van der Waals surface area contributed by atoms with Crippen LogP contribution in [0.5, 0.6) is 0 Å². The molecule has 0 spiro atoms. The third kappa shape index (κ3) is 1.50. The highest BCUT2D eigenvalue weighted by Gasteiger charge is 2.60. The zero-order valence-corrected chi connectivity index (χ0v) is 15.0. The van der Waals surface area contributed by atoms with Gasteiger partial charge in [-0.25, -0.2) is 0 Å². The molecule has 122 valence electrons. The Bertz CT molecular complexity index is 579. The van der Waals surface area contributed by atoms with Crippen molar-refractivity contribution in [3.8, 4) is 0 Å². The summed E-state index contributed by atoms with van der Waals surface area (Å²) in [5, 5.41) is 13.5. The summed E-state index contributed by atoms with van der Waals surface area (Å²) in [5.74, 6) is 4.04. The largest absolute Gasteiger partial charge is 0.411 e. The number of oxime groups is 1. The minimum atomic E-state index is 0.349. The van der Waals surface area contributed by atoms with Gasteiger partial charge in [0.25, 0.3) is 0 Å². The maximum atomic E-state index is 9.70. The van der Waals surface area contributed by atoms with Crippen molar-refractivity contribution in [3.63, 3.8) is 0 Å². The second kappa shape index (κ2) is 4.19. The highest BCUT2D eigenvalue weighted by molar-refractivity contribution is 6.06. The molecule has 4 aliphatic carbocycles. The fourth-order valence-electron chi connectivity index (χ4n) is 6.55. The molecule has 4 aliphatic rings. The summed E-state index contributed by atoms with van der Waals surface area (Å²) in [7, 11) is 0. The molecule has 0 aromatic rings. The fourth-order valence-corrected chi connectivity index (χ4v) is 6.55. The van der Waals surface area contributed by atoms with Crippen molar-refractivity contribution >= 4 is 5.71 Å². The third-order valence-corrected chi connectivity index (χ3v) is 8.88. The molecule has 4 rings (SSSR count). The van der Waals surface area contributed by atoms with Crippen LogP contribution in [-0.4, -0.2) is 10.9 Å². The van der Waals surface area contributed by atoms with Gasteiger partial charge in [-0.2, -0.15) is 0 Å². The summed E-state index contributed by atoms with van der Waals surface area (Å²) in [4.78, 5) is 0. The van der Waals surface area contributed by atoms with E-state index in [0.29, 0.717) is 28.6 Å². The minimum Gasteiger partial charge on any atom is -0.411 e. The van der Waals surface area contributed by atoms with E-state index in [-0.39, 0.29) is 0 Å². The third-order valence-electron chi connectivity index (χ3n) is 8.88. The van der Waals surface area contributed by atoms with Crippen molar-refractivity contribution in [2.45, 2.75) is 60.8 Å². The Morgan fingerprint density at radius 1 is 0.955 bits per heavy atom. The van der Waals surface area contributed by atoms with Gasteiger partial charge in [-0.15, -0.1) is 0 Å². The molecule has 4 bridgehead atoms. The lowest BCUT2D eigenvalue weighted by Crippen LogP contribution is -2.37. The van der Waals surface area contributed by atoms with E-state index in [1.807, 2.05) is 0 Å². The van der Waals surface area contributed by atoms with Crippen molar-refractivity contribution < 1.29 is 5.21 Å². The highest BCUT2D eigenvalue weighted by Crippen LogP contribution is 2.66. The molecule has 22 heavy (non-hydrogen) atoms. The van der Waals surface area contributed by atoms with Gasteiger partial charge in [-0.3, -0.25) is 0 Å². The zero-order valence-electron chi connectivity index (χ0n) is 15.0. The molecule has 0 aliphatic heterocycles. The molecule has 0 saturated heterocycles. The average molecular weight is 301 g/mol. The Morgan fingerprint density at radius 3 is 2.14 bits per heavy atom. The molecule has 0 radical (unpaired) electrons. The number of hydrogen-bond donors (Lipinski definition) is 1. The van der Waals surface area contributed by atoms with Crippen LogP contribution in [0.3, 0.4) is 0 Å². The van der Waals surface area contributed by atoms with E-state index in [1.165, 1.54) is 24.8 Å². The van der Waals surface area contributed by atoms with Crippen molar-refractivity contribution in [2.24, 2.45) is 51.5 Å². The van der Waals surface area contributed by atoms with E-state index in [4.69, 9.17) is 0 Å². The summed E-state index contributed by atoms with van der Waals surface area (Å²) in [6.45, 7) is 14.6. The predicted molar refractivity (Wildman–Crippen MR) is 89.9 cm³/mol. The fraction of sp³-hybridized carbons (Fsp3) is 0.850. The van der Waals surface area contributed by atoms with Crippen LogP contribution in [-0.2, 0) is 0 Å². The van der Waals surface area contributed by atoms with Gasteiger partial charge in [-0.05, 0) is 65.3 Å². The van der Waals surface area contributed by atoms with Crippen molar-refractivity contribution in [2.75, 3.05) is 0 Å². The van der Waals surface area contributed by atoms with E-state index in [9.17, 15) is 5.21 Å². The molecule has 4 fully saturated rings. The monoisotopic (exact) mass is 301 g/mol. The number of fused-ring (bicyclic) bond motifs is 4. The quantitative estimate of drug-likeness (QED) is 0.488. The lowest BCUT2D eigenvalue weighted by Gasteiger charge is -2.42. The van der Waals surface area contributed by atoms with Gasteiger partial charge in [0, 0.05) is 5.92 Å². The molecule has 6 atom stereocenters. The summed E-state index contributed by atoms with van der Waals surface area (Å²) < 4.78 is 0. The van der Waals surface area contributed by atoms with E-state index >= 15 is 0 Å². The Morgan fingerprint density at radius 2 is 1.59 bits per heavy atom. The van der Waals surface area contributed by atoms with Gasteiger partial charge in [0.15, 0.2) is 0 Å².